The highest BCUT2D eigenvalue weighted by Gasteiger charge is 2.25. The van der Waals surface area contributed by atoms with Crippen molar-refractivity contribution >= 4 is 38.3 Å². The molecule has 0 aliphatic rings. The summed E-state index contributed by atoms with van der Waals surface area (Å²) in [5.41, 5.74) is 8.42. The van der Waals surface area contributed by atoms with Crippen LogP contribution in [0.4, 0.5) is 5.82 Å². The van der Waals surface area contributed by atoms with Crippen LogP contribution < -0.4 is 15.8 Å². The summed E-state index contributed by atoms with van der Waals surface area (Å²) in [6, 6.07) is 25.0. The number of carbonyl (C=O) groups excluding carboxylic acids is 2. The summed E-state index contributed by atoms with van der Waals surface area (Å²) in [5, 5.41) is 4.60. The molecule has 0 bridgehead atoms. The number of ketones is 1. The summed E-state index contributed by atoms with van der Waals surface area (Å²) >= 11 is 0. The summed E-state index contributed by atoms with van der Waals surface area (Å²) < 4.78 is 28.4. The molecule has 0 saturated heterocycles. The first kappa shape index (κ1) is 27.9. The van der Waals surface area contributed by atoms with Crippen LogP contribution in [0.3, 0.4) is 0 Å². The van der Waals surface area contributed by atoms with Crippen LogP contribution in [-0.2, 0) is 38.3 Å². The molecule has 0 aliphatic heterocycles. The number of fused-ring (bicyclic) bond motifs is 1. The van der Waals surface area contributed by atoms with E-state index in [1.807, 2.05) is 60.7 Å². The van der Waals surface area contributed by atoms with Gasteiger partial charge >= 0.3 is 0 Å². The molecule has 9 heteroatoms. The molecule has 1 amide bonds. The SMILES string of the molecule is Nc1nccc2cc(CNC(=O)CCC(=O)[C@@H](CCc3ccccc3)NS(=O)(=O)Cc3ccccc3)ccc12. The lowest BCUT2D eigenvalue weighted by atomic mass is 10.0. The number of benzene rings is 3. The Kier molecular flexibility index (Phi) is 9.40. The molecule has 202 valence electrons. The Morgan fingerprint density at radius 2 is 1.54 bits per heavy atom. The highest BCUT2D eigenvalue weighted by Crippen LogP contribution is 2.20. The molecule has 0 aliphatic carbocycles. The average Bonchev–Trinajstić information content (AvgIpc) is 2.93. The van der Waals surface area contributed by atoms with E-state index in [1.54, 1.807) is 30.5 Å². The van der Waals surface area contributed by atoms with Gasteiger partial charge in [-0.05, 0) is 47.1 Å². The van der Waals surface area contributed by atoms with E-state index in [9.17, 15) is 18.0 Å². The molecule has 0 saturated carbocycles. The fraction of sp³-hybridized carbons (Fsp3) is 0.233. The van der Waals surface area contributed by atoms with Gasteiger partial charge in [-0.25, -0.2) is 18.1 Å². The van der Waals surface area contributed by atoms with Crippen LogP contribution in [0.25, 0.3) is 10.8 Å². The van der Waals surface area contributed by atoms with Gasteiger partial charge in [0.15, 0.2) is 5.78 Å². The molecule has 4 aromatic rings. The molecule has 1 heterocycles. The van der Waals surface area contributed by atoms with E-state index in [2.05, 4.69) is 15.0 Å². The highest BCUT2D eigenvalue weighted by atomic mass is 32.2. The van der Waals surface area contributed by atoms with Crippen molar-refractivity contribution in [3.63, 3.8) is 0 Å². The molecule has 0 unspecified atom stereocenters. The maximum atomic E-state index is 13.1. The molecular weight excluding hydrogens is 512 g/mol. The summed E-state index contributed by atoms with van der Waals surface area (Å²) in [5.74, 6) is -0.377. The van der Waals surface area contributed by atoms with E-state index in [4.69, 9.17) is 5.73 Å². The quantitative estimate of drug-likeness (QED) is 0.234. The average molecular weight is 545 g/mol. The standard InChI is InChI=1S/C30H32N4O4S/c31-30-26-13-11-24(19-25(26)17-18-32-30)20-33-29(36)16-15-28(35)27(14-12-22-7-3-1-4-8-22)34-39(37,38)21-23-9-5-2-6-10-23/h1-11,13,17-19,27,34H,12,14-16,20-21H2,(H2,31,32)(H,33,36)/t27-/m1/s1. The molecule has 4 N–H and O–H groups in total. The van der Waals surface area contributed by atoms with Crippen molar-refractivity contribution < 1.29 is 18.0 Å². The van der Waals surface area contributed by atoms with Crippen molar-refractivity contribution in [3.8, 4) is 0 Å². The van der Waals surface area contributed by atoms with E-state index in [0.29, 0.717) is 30.8 Å². The molecule has 3 aromatic carbocycles. The zero-order valence-electron chi connectivity index (χ0n) is 21.5. The Bertz CT molecular complexity index is 1530. The fourth-order valence-corrected chi connectivity index (χ4v) is 5.75. The summed E-state index contributed by atoms with van der Waals surface area (Å²) in [6.07, 6.45) is 2.35. The smallest absolute Gasteiger partial charge is 0.220 e. The number of aryl methyl sites for hydroxylation is 1. The Hall–Kier alpha value is -4.08. The number of sulfonamides is 1. The minimum absolute atomic E-state index is 0.0362. The van der Waals surface area contributed by atoms with E-state index < -0.39 is 16.1 Å². The third-order valence-corrected chi connectivity index (χ3v) is 7.78. The van der Waals surface area contributed by atoms with E-state index in [0.717, 1.165) is 21.9 Å². The van der Waals surface area contributed by atoms with E-state index in [-0.39, 0.29) is 30.3 Å². The lowest BCUT2D eigenvalue weighted by Gasteiger charge is -2.18. The largest absolute Gasteiger partial charge is 0.383 e. The van der Waals surface area contributed by atoms with Crippen LogP contribution in [-0.4, -0.2) is 31.1 Å². The molecule has 0 spiro atoms. The van der Waals surface area contributed by atoms with Crippen LogP contribution in [0.2, 0.25) is 0 Å². The highest BCUT2D eigenvalue weighted by molar-refractivity contribution is 7.88. The van der Waals surface area contributed by atoms with Crippen LogP contribution >= 0.6 is 0 Å². The van der Waals surface area contributed by atoms with Gasteiger partial charge in [0.1, 0.15) is 5.82 Å². The van der Waals surface area contributed by atoms with Gasteiger partial charge < -0.3 is 11.1 Å². The zero-order valence-corrected chi connectivity index (χ0v) is 22.4. The first-order chi connectivity index (χ1) is 18.8. The van der Waals surface area contributed by atoms with Crippen molar-refractivity contribution in [2.45, 2.75) is 44.0 Å². The summed E-state index contributed by atoms with van der Waals surface area (Å²) in [4.78, 5) is 29.7. The second kappa shape index (κ2) is 13.1. The predicted octanol–water partition coefficient (Wildman–Crippen LogP) is 3.90. The van der Waals surface area contributed by atoms with Gasteiger partial charge in [0.05, 0.1) is 11.8 Å². The van der Waals surface area contributed by atoms with Crippen LogP contribution in [0.15, 0.2) is 91.1 Å². The molecule has 4 rings (SSSR count). The number of hydrogen-bond acceptors (Lipinski definition) is 6. The number of aromatic nitrogens is 1. The lowest BCUT2D eigenvalue weighted by molar-refractivity contribution is -0.126. The Morgan fingerprint density at radius 1 is 0.846 bits per heavy atom. The number of amides is 1. The fourth-order valence-electron chi connectivity index (χ4n) is 4.35. The van der Waals surface area contributed by atoms with Crippen molar-refractivity contribution in [1.82, 2.24) is 15.0 Å². The minimum atomic E-state index is -3.77. The maximum absolute atomic E-state index is 13.1. The van der Waals surface area contributed by atoms with Crippen molar-refractivity contribution in [3.05, 3.63) is 108 Å². The van der Waals surface area contributed by atoms with Gasteiger partial charge in [-0.15, -0.1) is 0 Å². The molecule has 39 heavy (non-hydrogen) atoms. The van der Waals surface area contributed by atoms with Gasteiger partial charge in [0.2, 0.25) is 15.9 Å². The van der Waals surface area contributed by atoms with Crippen LogP contribution in [0, 0.1) is 0 Å². The summed E-state index contributed by atoms with van der Waals surface area (Å²) in [6.45, 7) is 0.298. The molecular formula is C30H32N4O4S. The van der Waals surface area contributed by atoms with Crippen LogP contribution in [0.5, 0.6) is 0 Å². The first-order valence-corrected chi connectivity index (χ1v) is 14.4. The van der Waals surface area contributed by atoms with Gasteiger partial charge in [0.25, 0.3) is 0 Å². The monoisotopic (exact) mass is 544 g/mol. The number of hydrogen-bond donors (Lipinski definition) is 3. The Labute approximate surface area is 228 Å². The van der Waals surface area contributed by atoms with Crippen molar-refractivity contribution in [2.75, 3.05) is 5.73 Å². The van der Waals surface area contributed by atoms with Crippen LogP contribution in [0.1, 0.15) is 36.0 Å². The molecule has 0 radical (unpaired) electrons. The zero-order chi connectivity index (χ0) is 27.7. The molecule has 8 nitrogen and oxygen atoms in total. The van der Waals surface area contributed by atoms with Gasteiger partial charge in [-0.1, -0.05) is 72.8 Å². The van der Waals surface area contributed by atoms with Gasteiger partial charge in [-0.3, -0.25) is 9.59 Å². The normalized spacial score (nSPS) is 12.2. The number of pyridine rings is 1. The number of nitrogen functional groups attached to an aromatic ring is 1. The number of nitrogens with one attached hydrogen (secondary N) is 2. The molecule has 0 fully saturated rings. The summed E-state index contributed by atoms with van der Waals surface area (Å²) in [7, 11) is -3.77. The number of nitrogens with zero attached hydrogens (tertiary/aromatic N) is 1. The van der Waals surface area contributed by atoms with Crippen molar-refractivity contribution in [2.24, 2.45) is 0 Å². The topological polar surface area (TPSA) is 131 Å². The number of anilines is 1. The molecule has 1 atom stereocenters. The predicted molar refractivity (Wildman–Crippen MR) is 153 cm³/mol. The Morgan fingerprint density at radius 3 is 2.26 bits per heavy atom. The second-order valence-corrected chi connectivity index (χ2v) is 11.2. The number of Topliss-reactive ketones (excluding diaryl/α,β-unsaturated/α-hetero) is 1. The number of rotatable bonds is 13. The third-order valence-electron chi connectivity index (χ3n) is 6.42. The maximum Gasteiger partial charge on any atom is 0.220 e. The van der Waals surface area contributed by atoms with Gasteiger partial charge in [-0.2, -0.15) is 0 Å². The second-order valence-electron chi connectivity index (χ2n) is 9.43. The van der Waals surface area contributed by atoms with Crippen molar-refractivity contribution in [1.29, 1.82) is 0 Å². The number of nitrogens with two attached hydrogens (primary N) is 1. The van der Waals surface area contributed by atoms with E-state index in [1.165, 1.54) is 0 Å². The number of carbonyl (C=O) groups is 2. The first-order valence-electron chi connectivity index (χ1n) is 12.8. The minimum Gasteiger partial charge on any atom is -0.383 e. The van der Waals surface area contributed by atoms with E-state index >= 15 is 0 Å². The Balaban J connectivity index is 1.35. The lowest BCUT2D eigenvalue weighted by Crippen LogP contribution is -2.42. The third kappa shape index (κ3) is 8.46. The molecule has 1 aromatic heterocycles. The van der Waals surface area contributed by atoms with Gasteiger partial charge in [0, 0.05) is 31.0 Å².